The third-order valence-corrected chi connectivity index (χ3v) is 2.87. The molecular formula is C14H22ClN3O2. The minimum absolute atomic E-state index is 0. The molecule has 0 saturated carbocycles. The third kappa shape index (κ3) is 4.81. The quantitative estimate of drug-likeness (QED) is 0.309. The fourth-order valence-electron chi connectivity index (χ4n) is 2.21. The first kappa shape index (κ1) is 18.4. The number of aromatic nitrogens is 1. The van der Waals surface area contributed by atoms with Crippen molar-refractivity contribution in [3.8, 4) is 0 Å². The molecule has 5 nitrogen and oxygen atoms in total. The van der Waals surface area contributed by atoms with Gasteiger partial charge in [-0.3, -0.25) is 4.79 Å². The average molecular weight is 300 g/mol. The predicted molar refractivity (Wildman–Crippen MR) is 73.1 cm³/mol. The summed E-state index contributed by atoms with van der Waals surface area (Å²) in [6.45, 7) is 8.25. The van der Waals surface area contributed by atoms with Crippen LogP contribution in [0.15, 0.2) is 29.6 Å². The lowest BCUT2D eigenvalue weighted by Gasteiger charge is -2.29. The van der Waals surface area contributed by atoms with E-state index in [-0.39, 0.29) is 36.9 Å². The van der Waals surface area contributed by atoms with E-state index in [4.69, 9.17) is 5.21 Å². The number of nitrogens with zero attached hydrogens (tertiary/aromatic N) is 3. The standard InChI is InChI=1S/C14H21N3O2.ClH/c1-11(2)17(12(3)4)14(18)10-16-8-6-5-7-13(16)9-15-19;/h5-9,11-12H,10H2,1-4H3;1H. The van der Waals surface area contributed by atoms with E-state index in [0.29, 0.717) is 5.69 Å². The summed E-state index contributed by atoms with van der Waals surface area (Å²) in [5, 5.41) is 11.6. The minimum Gasteiger partial charge on any atom is -1.00 e. The van der Waals surface area contributed by atoms with Crippen molar-refractivity contribution in [2.45, 2.75) is 46.3 Å². The van der Waals surface area contributed by atoms with E-state index in [1.54, 1.807) is 16.8 Å². The first-order valence-corrected chi connectivity index (χ1v) is 6.44. The summed E-state index contributed by atoms with van der Waals surface area (Å²) in [5.74, 6) is 0.0498. The van der Waals surface area contributed by atoms with Crippen molar-refractivity contribution in [3.05, 3.63) is 30.1 Å². The summed E-state index contributed by atoms with van der Waals surface area (Å²) in [5.41, 5.74) is 0.686. The smallest absolute Gasteiger partial charge is 0.289 e. The minimum atomic E-state index is 0. The maximum Gasteiger partial charge on any atom is 0.289 e. The number of hydrogen-bond donors (Lipinski definition) is 1. The summed E-state index contributed by atoms with van der Waals surface area (Å²) in [7, 11) is 0. The van der Waals surface area contributed by atoms with Gasteiger partial charge < -0.3 is 22.5 Å². The van der Waals surface area contributed by atoms with Gasteiger partial charge in [-0.1, -0.05) is 5.16 Å². The summed E-state index contributed by atoms with van der Waals surface area (Å²) in [6.07, 6.45) is 3.12. The van der Waals surface area contributed by atoms with Crippen molar-refractivity contribution in [2.75, 3.05) is 0 Å². The number of carbonyl (C=O) groups is 1. The Bertz CT molecular complexity index is 453. The van der Waals surface area contributed by atoms with Gasteiger partial charge in [0.15, 0.2) is 6.20 Å². The highest BCUT2D eigenvalue weighted by atomic mass is 35.5. The van der Waals surface area contributed by atoms with Crippen LogP contribution in [0.3, 0.4) is 0 Å². The van der Waals surface area contributed by atoms with E-state index in [2.05, 4.69) is 5.16 Å². The molecule has 1 amide bonds. The maximum absolute atomic E-state index is 12.4. The van der Waals surface area contributed by atoms with Gasteiger partial charge in [-0.15, -0.1) is 0 Å². The fraction of sp³-hybridized carbons (Fsp3) is 0.500. The molecule has 1 N–H and O–H groups in total. The Morgan fingerprint density at radius 2 is 1.95 bits per heavy atom. The van der Waals surface area contributed by atoms with Crippen LogP contribution in [-0.2, 0) is 11.3 Å². The Morgan fingerprint density at radius 3 is 2.45 bits per heavy atom. The van der Waals surface area contributed by atoms with Crippen LogP contribution in [-0.4, -0.2) is 34.3 Å². The number of hydrogen-bond acceptors (Lipinski definition) is 3. The average Bonchev–Trinajstić information content (AvgIpc) is 2.30. The van der Waals surface area contributed by atoms with Crippen LogP contribution in [0.25, 0.3) is 0 Å². The van der Waals surface area contributed by atoms with Gasteiger partial charge >= 0.3 is 0 Å². The molecule has 1 rings (SSSR count). The summed E-state index contributed by atoms with van der Waals surface area (Å²) >= 11 is 0. The first-order chi connectivity index (χ1) is 8.97. The number of pyridine rings is 1. The van der Waals surface area contributed by atoms with Crippen LogP contribution in [0.2, 0.25) is 0 Å². The van der Waals surface area contributed by atoms with Crippen LogP contribution in [0.1, 0.15) is 33.4 Å². The zero-order chi connectivity index (χ0) is 14.4. The van der Waals surface area contributed by atoms with Gasteiger partial charge in [-0.2, -0.15) is 4.57 Å². The molecule has 20 heavy (non-hydrogen) atoms. The molecule has 0 fully saturated rings. The molecule has 0 aliphatic rings. The topological polar surface area (TPSA) is 56.8 Å². The highest BCUT2D eigenvalue weighted by Gasteiger charge is 2.24. The van der Waals surface area contributed by atoms with Gasteiger partial charge in [-0.25, -0.2) is 0 Å². The number of carbonyl (C=O) groups excluding carboxylic acids is 1. The largest absolute Gasteiger partial charge is 1.00 e. The second-order valence-corrected chi connectivity index (χ2v) is 4.99. The molecule has 112 valence electrons. The van der Waals surface area contributed by atoms with Crippen molar-refractivity contribution in [1.82, 2.24) is 4.90 Å². The number of amides is 1. The van der Waals surface area contributed by atoms with Gasteiger partial charge in [-0.05, 0) is 33.8 Å². The van der Waals surface area contributed by atoms with E-state index in [1.807, 2.05) is 44.7 Å². The van der Waals surface area contributed by atoms with Crippen LogP contribution >= 0.6 is 0 Å². The Morgan fingerprint density at radius 1 is 1.35 bits per heavy atom. The fourth-order valence-corrected chi connectivity index (χ4v) is 2.21. The zero-order valence-electron chi connectivity index (χ0n) is 12.3. The lowest BCUT2D eigenvalue weighted by Crippen LogP contribution is -3.00. The molecule has 1 aromatic rings. The molecule has 0 bridgehead atoms. The number of rotatable bonds is 5. The van der Waals surface area contributed by atoms with Crippen molar-refractivity contribution in [1.29, 1.82) is 0 Å². The van der Waals surface area contributed by atoms with Gasteiger partial charge in [0, 0.05) is 24.2 Å². The van der Waals surface area contributed by atoms with Crippen molar-refractivity contribution in [3.63, 3.8) is 0 Å². The summed E-state index contributed by atoms with van der Waals surface area (Å²) in [4.78, 5) is 14.2. The molecule has 0 spiro atoms. The predicted octanol–water partition coefficient (Wildman–Crippen LogP) is -1.57. The lowest BCUT2D eigenvalue weighted by atomic mass is 10.2. The molecule has 0 unspecified atom stereocenters. The maximum atomic E-state index is 12.4. The molecule has 1 heterocycles. The molecule has 0 aromatic carbocycles. The number of halogens is 1. The van der Waals surface area contributed by atoms with E-state index < -0.39 is 0 Å². The second kappa shape index (κ2) is 8.53. The van der Waals surface area contributed by atoms with Crippen LogP contribution in [0.5, 0.6) is 0 Å². The Balaban J connectivity index is 0.00000361. The third-order valence-electron chi connectivity index (χ3n) is 2.87. The molecule has 0 saturated heterocycles. The van der Waals surface area contributed by atoms with Crippen LogP contribution < -0.4 is 17.0 Å². The van der Waals surface area contributed by atoms with Crippen molar-refractivity contribution >= 4 is 12.1 Å². The van der Waals surface area contributed by atoms with Crippen LogP contribution in [0.4, 0.5) is 0 Å². The highest BCUT2D eigenvalue weighted by Crippen LogP contribution is 2.05. The first-order valence-electron chi connectivity index (χ1n) is 6.44. The Labute approximate surface area is 126 Å². The summed E-state index contributed by atoms with van der Waals surface area (Å²) < 4.78 is 1.76. The van der Waals surface area contributed by atoms with Gasteiger partial charge in [0.2, 0.25) is 12.2 Å². The van der Waals surface area contributed by atoms with Crippen molar-refractivity contribution < 1.29 is 27.0 Å². The highest BCUT2D eigenvalue weighted by molar-refractivity contribution is 5.77. The Hall–Kier alpha value is -1.62. The molecule has 1 aromatic heterocycles. The SMILES string of the molecule is CC(C)N(C(=O)C[n+]1ccccc1/C=N/O)C(C)C.[Cl-]. The number of oxime groups is 1. The van der Waals surface area contributed by atoms with Gasteiger partial charge in [0.05, 0.1) is 0 Å². The van der Waals surface area contributed by atoms with E-state index in [0.717, 1.165) is 0 Å². The monoisotopic (exact) mass is 299 g/mol. The van der Waals surface area contributed by atoms with E-state index >= 15 is 0 Å². The van der Waals surface area contributed by atoms with Gasteiger partial charge in [0.1, 0.15) is 6.21 Å². The normalized spacial score (nSPS) is 10.9. The molecule has 0 aliphatic heterocycles. The second-order valence-electron chi connectivity index (χ2n) is 4.99. The van der Waals surface area contributed by atoms with Gasteiger partial charge in [0.25, 0.3) is 5.91 Å². The molecule has 6 heteroatoms. The Kier molecular flexibility index (Phi) is 7.84. The summed E-state index contributed by atoms with van der Waals surface area (Å²) in [6, 6.07) is 5.79. The molecular weight excluding hydrogens is 278 g/mol. The lowest BCUT2D eigenvalue weighted by molar-refractivity contribution is -0.686. The van der Waals surface area contributed by atoms with E-state index in [1.165, 1.54) is 6.21 Å². The molecule has 0 atom stereocenters. The molecule has 0 aliphatic carbocycles. The van der Waals surface area contributed by atoms with Crippen molar-refractivity contribution in [2.24, 2.45) is 5.16 Å². The zero-order valence-corrected chi connectivity index (χ0v) is 13.1. The molecule has 0 radical (unpaired) electrons. The van der Waals surface area contributed by atoms with E-state index in [9.17, 15) is 4.79 Å². The van der Waals surface area contributed by atoms with Crippen LogP contribution in [0, 0.1) is 0 Å².